The standard InChI is InChI=1S/C13H16BrN/c14-11-3-4-12-9(7-11)1-2-10(8-15)13(12)5-6-13/h3-4,7,10H,1-2,5-6,8,15H2. The Morgan fingerprint density at radius 2 is 2.20 bits per heavy atom. The third kappa shape index (κ3) is 1.38. The van der Waals surface area contributed by atoms with Gasteiger partial charge in [0.2, 0.25) is 0 Å². The van der Waals surface area contributed by atoms with Crippen molar-refractivity contribution in [1.29, 1.82) is 0 Å². The maximum absolute atomic E-state index is 5.90. The zero-order valence-corrected chi connectivity index (χ0v) is 10.4. The normalized spacial score (nSPS) is 26.4. The highest BCUT2D eigenvalue weighted by atomic mass is 79.9. The topological polar surface area (TPSA) is 26.0 Å². The largest absolute Gasteiger partial charge is 0.330 e. The lowest BCUT2D eigenvalue weighted by molar-refractivity contribution is 0.361. The van der Waals surface area contributed by atoms with Gasteiger partial charge in [0.15, 0.2) is 0 Å². The van der Waals surface area contributed by atoms with Crippen LogP contribution >= 0.6 is 15.9 Å². The molecule has 0 aliphatic heterocycles. The van der Waals surface area contributed by atoms with Crippen LogP contribution in [0, 0.1) is 5.92 Å². The maximum atomic E-state index is 5.90. The molecular weight excluding hydrogens is 250 g/mol. The Morgan fingerprint density at radius 3 is 2.87 bits per heavy atom. The van der Waals surface area contributed by atoms with Gasteiger partial charge in [0, 0.05) is 4.47 Å². The summed E-state index contributed by atoms with van der Waals surface area (Å²) in [6, 6.07) is 6.79. The minimum atomic E-state index is 0.475. The molecule has 80 valence electrons. The van der Waals surface area contributed by atoms with Crippen LogP contribution in [0.5, 0.6) is 0 Å². The number of rotatable bonds is 1. The van der Waals surface area contributed by atoms with E-state index in [1.807, 2.05) is 0 Å². The Labute approximate surface area is 99.2 Å². The predicted octanol–water partition coefficient (Wildman–Crippen LogP) is 3.00. The van der Waals surface area contributed by atoms with Crippen LogP contribution in [-0.4, -0.2) is 6.54 Å². The van der Waals surface area contributed by atoms with Gasteiger partial charge in [-0.3, -0.25) is 0 Å². The first kappa shape index (κ1) is 9.86. The van der Waals surface area contributed by atoms with Gasteiger partial charge in [-0.25, -0.2) is 0 Å². The summed E-state index contributed by atoms with van der Waals surface area (Å²) in [5, 5.41) is 0. The molecule has 2 heteroatoms. The number of benzene rings is 1. The average molecular weight is 266 g/mol. The van der Waals surface area contributed by atoms with Gasteiger partial charge in [-0.2, -0.15) is 0 Å². The summed E-state index contributed by atoms with van der Waals surface area (Å²) in [6.07, 6.45) is 5.19. The summed E-state index contributed by atoms with van der Waals surface area (Å²) in [5.41, 5.74) is 9.51. The van der Waals surface area contributed by atoms with Crippen LogP contribution in [0.2, 0.25) is 0 Å². The Bertz CT molecular complexity index is 396. The first-order valence-electron chi connectivity index (χ1n) is 5.75. The van der Waals surface area contributed by atoms with Gasteiger partial charge in [-0.05, 0) is 66.8 Å². The molecule has 0 heterocycles. The van der Waals surface area contributed by atoms with Crippen molar-refractivity contribution in [2.24, 2.45) is 11.7 Å². The lowest BCUT2D eigenvalue weighted by Gasteiger charge is -2.33. The molecule has 1 atom stereocenters. The third-order valence-electron chi connectivity index (χ3n) is 4.22. The molecule has 1 aromatic rings. The molecule has 0 bridgehead atoms. The van der Waals surface area contributed by atoms with Crippen LogP contribution in [-0.2, 0) is 11.8 Å². The first-order chi connectivity index (χ1) is 7.26. The fourth-order valence-corrected chi connectivity index (χ4v) is 3.64. The smallest absolute Gasteiger partial charge is 0.0178 e. The van der Waals surface area contributed by atoms with Crippen molar-refractivity contribution < 1.29 is 0 Å². The van der Waals surface area contributed by atoms with E-state index >= 15 is 0 Å². The lowest BCUT2D eigenvalue weighted by atomic mass is 9.72. The number of fused-ring (bicyclic) bond motifs is 2. The first-order valence-corrected chi connectivity index (χ1v) is 6.54. The number of halogens is 1. The summed E-state index contributed by atoms with van der Waals surface area (Å²) in [4.78, 5) is 0. The lowest BCUT2D eigenvalue weighted by Crippen LogP contribution is -2.32. The predicted molar refractivity (Wildman–Crippen MR) is 65.9 cm³/mol. The Morgan fingerprint density at radius 1 is 1.40 bits per heavy atom. The van der Waals surface area contributed by atoms with Crippen molar-refractivity contribution >= 4 is 15.9 Å². The fourth-order valence-electron chi connectivity index (χ4n) is 3.24. The molecule has 2 N–H and O–H groups in total. The van der Waals surface area contributed by atoms with Gasteiger partial charge >= 0.3 is 0 Å². The van der Waals surface area contributed by atoms with Crippen LogP contribution in [0.15, 0.2) is 22.7 Å². The number of hydrogen-bond acceptors (Lipinski definition) is 1. The van der Waals surface area contributed by atoms with Crippen molar-refractivity contribution in [3.05, 3.63) is 33.8 Å². The van der Waals surface area contributed by atoms with Gasteiger partial charge in [-0.15, -0.1) is 0 Å². The van der Waals surface area contributed by atoms with Gasteiger partial charge in [0.1, 0.15) is 0 Å². The highest BCUT2D eigenvalue weighted by Gasteiger charge is 2.52. The minimum Gasteiger partial charge on any atom is -0.330 e. The highest BCUT2D eigenvalue weighted by molar-refractivity contribution is 9.10. The van der Waals surface area contributed by atoms with Crippen LogP contribution in [0.25, 0.3) is 0 Å². The highest BCUT2D eigenvalue weighted by Crippen LogP contribution is 2.58. The second kappa shape index (κ2) is 3.33. The Balaban J connectivity index is 2.08. The summed E-state index contributed by atoms with van der Waals surface area (Å²) >= 11 is 3.56. The summed E-state index contributed by atoms with van der Waals surface area (Å²) in [5.74, 6) is 0.728. The molecule has 1 aromatic carbocycles. The van der Waals surface area contributed by atoms with E-state index in [1.54, 1.807) is 11.1 Å². The molecule has 1 fully saturated rings. The Hall–Kier alpha value is -0.340. The molecule has 1 unspecified atom stereocenters. The molecule has 0 aromatic heterocycles. The van der Waals surface area contributed by atoms with E-state index in [1.165, 1.54) is 30.2 Å². The van der Waals surface area contributed by atoms with Gasteiger partial charge in [-0.1, -0.05) is 22.0 Å². The SMILES string of the molecule is NCC1CCc2cc(Br)ccc2C12CC2. The molecule has 1 saturated carbocycles. The van der Waals surface area contributed by atoms with Crippen LogP contribution < -0.4 is 5.73 Å². The van der Waals surface area contributed by atoms with E-state index in [2.05, 4.69) is 34.1 Å². The molecule has 3 rings (SSSR count). The number of hydrogen-bond donors (Lipinski definition) is 1. The fraction of sp³-hybridized carbons (Fsp3) is 0.538. The van der Waals surface area contributed by atoms with Crippen molar-refractivity contribution in [3.63, 3.8) is 0 Å². The zero-order chi connectivity index (χ0) is 10.5. The molecule has 0 saturated heterocycles. The molecule has 2 aliphatic carbocycles. The quantitative estimate of drug-likeness (QED) is 0.830. The third-order valence-corrected chi connectivity index (χ3v) is 4.71. The van der Waals surface area contributed by atoms with Crippen molar-refractivity contribution in [2.75, 3.05) is 6.54 Å². The van der Waals surface area contributed by atoms with Crippen molar-refractivity contribution in [3.8, 4) is 0 Å². The monoisotopic (exact) mass is 265 g/mol. The van der Waals surface area contributed by atoms with Gasteiger partial charge < -0.3 is 5.73 Å². The van der Waals surface area contributed by atoms with Crippen LogP contribution in [0.1, 0.15) is 30.4 Å². The average Bonchev–Trinajstić information content (AvgIpc) is 3.00. The summed E-state index contributed by atoms with van der Waals surface area (Å²) < 4.78 is 1.21. The summed E-state index contributed by atoms with van der Waals surface area (Å²) in [6.45, 7) is 0.857. The molecule has 0 amide bonds. The second-order valence-corrected chi connectivity index (χ2v) is 5.84. The minimum absolute atomic E-state index is 0.475. The van der Waals surface area contributed by atoms with Gasteiger partial charge in [0.05, 0.1) is 0 Å². The maximum Gasteiger partial charge on any atom is 0.0178 e. The van der Waals surface area contributed by atoms with E-state index in [4.69, 9.17) is 5.73 Å². The molecule has 1 nitrogen and oxygen atoms in total. The molecule has 2 aliphatic rings. The van der Waals surface area contributed by atoms with E-state index in [0.717, 1.165) is 12.5 Å². The van der Waals surface area contributed by atoms with Crippen LogP contribution in [0.4, 0.5) is 0 Å². The summed E-state index contributed by atoms with van der Waals surface area (Å²) in [7, 11) is 0. The number of nitrogens with two attached hydrogens (primary N) is 1. The molecule has 0 radical (unpaired) electrons. The van der Waals surface area contributed by atoms with Gasteiger partial charge in [0.25, 0.3) is 0 Å². The number of aryl methyl sites for hydroxylation is 1. The van der Waals surface area contributed by atoms with E-state index in [-0.39, 0.29) is 0 Å². The van der Waals surface area contributed by atoms with Crippen molar-refractivity contribution in [2.45, 2.75) is 31.1 Å². The van der Waals surface area contributed by atoms with E-state index in [0.29, 0.717) is 5.41 Å². The second-order valence-electron chi connectivity index (χ2n) is 4.93. The molecular formula is C13H16BrN. The van der Waals surface area contributed by atoms with E-state index in [9.17, 15) is 0 Å². The zero-order valence-electron chi connectivity index (χ0n) is 8.80. The van der Waals surface area contributed by atoms with Crippen molar-refractivity contribution in [1.82, 2.24) is 0 Å². The Kier molecular flexibility index (Phi) is 2.18. The molecule has 1 spiro atoms. The molecule has 15 heavy (non-hydrogen) atoms. The van der Waals surface area contributed by atoms with E-state index < -0.39 is 0 Å². The van der Waals surface area contributed by atoms with Crippen LogP contribution in [0.3, 0.4) is 0 Å².